The average molecular weight is 314 g/mol. The third kappa shape index (κ3) is 5.00. The van der Waals surface area contributed by atoms with Crippen molar-refractivity contribution in [3.63, 3.8) is 0 Å². The summed E-state index contributed by atoms with van der Waals surface area (Å²) in [5.41, 5.74) is 7.53. The summed E-state index contributed by atoms with van der Waals surface area (Å²) in [5.74, 6) is 1.13. The van der Waals surface area contributed by atoms with E-state index in [2.05, 4.69) is 10.9 Å². The van der Waals surface area contributed by atoms with Crippen LogP contribution in [0.1, 0.15) is 18.1 Å². The minimum absolute atomic E-state index is 0.130. The molecule has 0 aliphatic heterocycles. The van der Waals surface area contributed by atoms with E-state index < -0.39 is 0 Å². The van der Waals surface area contributed by atoms with Crippen molar-refractivity contribution in [3.05, 3.63) is 59.7 Å². The number of hydrogen-bond donors (Lipinski definition) is 2. The molecule has 2 N–H and O–H groups in total. The normalized spacial score (nSPS) is 10.2. The van der Waals surface area contributed by atoms with Gasteiger partial charge >= 0.3 is 0 Å². The maximum absolute atomic E-state index is 12.1. The fourth-order valence-electron chi connectivity index (χ4n) is 2.23. The lowest BCUT2D eigenvalue weighted by Gasteiger charge is -2.14. The van der Waals surface area contributed by atoms with Crippen molar-refractivity contribution in [1.82, 2.24) is 10.9 Å². The van der Waals surface area contributed by atoms with Gasteiger partial charge in [-0.3, -0.25) is 10.2 Å². The molecule has 0 spiro atoms. The summed E-state index contributed by atoms with van der Waals surface area (Å²) in [5, 5.41) is 0. The van der Waals surface area contributed by atoms with Crippen LogP contribution in [-0.4, -0.2) is 19.6 Å². The van der Waals surface area contributed by atoms with Crippen molar-refractivity contribution in [2.45, 2.75) is 19.9 Å². The average Bonchev–Trinajstić information content (AvgIpc) is 2.57. The maximum Gasteiger partial charge on any atom is 0.238 e. The first-order valence-electron chi connectivity index (χ1n) is 7.59. The summed E-state index contributed by atoms with van der Waals surface area (Å²) < 4.78 is 10.9. The van der Waals surface area contributed by atoms with Crippen LogP contribution in [-0.2, 0) is 17.8 Å². The molecule has 0 aromatic heterocycles. The van der Waals surface area contributed by atoms with Gasteiger partial charge in [0.2, 0.25) is 5.91 Å². The van der Waals surface area contributed by atoms with Gasteiger partial charge in [-0.25, -0.2) is 5.43 Å². The van der Waals surface area contributed by atoms with Gasteiger partial charge in [0.25, 0.3) is 0 Å². The molecule has 23 heavy (non-hydrogen) atoms. The van der Waals surface area contributed by atoms with Gasteiger partial charge in [0.15, 0.2) is 11.5 Å². The molecule has 2 aromatic rings. The number of hydrazine groups is 1. The highest BCUT2D eigenvalue weighted by Crippen LogP contribution is 2.31. The molecule has 122 valence electrons. The van der Waals surface area contributed by atoms with Crippen LogP contribution < -0.4 is 20.3 Å². The molecule has 0 aliphatic rings. The molecule has 5 nitrogen and oxygen atoms in total. The highest BCUT2D eigenvalue weighted by molar-refractivity contribution is 5.79. The summed E-state index contributed by atoms with van der Waals surface area (Å²) in [6, 6.07) is 15.4. The molecule has 2 rings (SSSR count). The quantitative estimate of drug-likeness (QED) is 0.735. The third-order valence-corrected chi connectivity index (χ3v) is 3.28. The zero-order valence-electron chi connectivity index (χ0n) is 13.5. The van der Waals surface area contributed by atoms with Crippen molar-refractivity contribution in [2.75, 3.05) is 13.7 Å². The van der Waals surface area contributed by atoms with Gasteiger partial charge in [0.1, 0.15) is 0 Å². The smallest absolute Gasteiger partial charge is 0.238 e. The summed E-state index contributed by atoms with van der Waals surface area (Å²) >= 11 is 0. The number of rotatable bonds is 8. The zero-order valence-corrected chi connectivity index (χ0v) is 13.5. The van der Waals surface area contributed by atoms with Crippen LogP contribution in [0, 0.1) is 0 Å². The molecule has 0 aliphatic carbocycles. The fourth-order valence-corrected chi connectivity index (χ4v) is 2.23. The number of benzene rings is 2. The zero-order chi connectivity index (χ0) is 16.5. The Morgan fingerprint density at radius 2 is 1.87 bits per heavy atom. The molecule has 0 saturated carbocycles. The molecular formula is C18H22N2O3. The van der Waals surface area contributed by atoms with Crippen molar-refractivity contribution < 1.29 is 14.3 Å². The molecule has 0 bridgehead atoms. The molecule has 1 amide bonds. The number of carbonyl (C=O) groups is 1. The minimum atomic E-state index is -0.130. The highest BCUT2D eigenvalue weighted by atomic mass is 16.5. The second-order valence-corrected chi connectivity index (χ2v) is 4.95. The predicted molar refractivity (Wildman–Crippen MR) is 89.3 cm³/mol. The highest BCUT2D eigenvalue weighted by Gasteiger charge is 2.13. The molecule has 5 heteroatoms. The van der Waals surface area contributed by atoms with Crippen LogP contribution in [0.3, 0.4) is 0 Å². The summed E-state index contributed by atoms with van der Waals surface area (Å²) in [7, 11) is 1.59. The Hall–Kier alpha value is -2.53. The summed E-state index contributed by atoms with van der Waals surface area (Å²) in [6.07, 6.45) is 0.217. The molecule has 0 heterocycles. The van der Waals surface area contributed by atoms with Crippen LogP contribution in [0.15, 0.2) is 48.5 Å². The third-order valence-electron chi connectivity index (χ3n) is 3.28. The Morgan fingerprint density at radius 1 is 1.09 bits per heavy atom. The number of nitrogens with one attached hydrogen (secondary N) is 2. The van der Waals surface area contributed by atoms with Crippen molar-refractivity contribution in [1.29, 1.82) is 0 Å². The van der Waals surface area contributed by atoms with Crippen LogP contribution in [0.25, 0.3) is 0 Å². The van der Waals surface area contributed by atoms with E-state index in [-0.39, 0.29) is 12.3 Å². The number of amides is 1. The topological polar surface area (TPSA) is 59.6 Å². The Morgan fingerprint density at radius 3 is 2.57 bits per heavy atom. The monoisotopic (exact) mass is 314 g/mol. The molecule has 0 saturated heterocycles. The van der Waals surface area contributed by atoms with Crippen molar-refractivity contribution >= 4 is 5.91 Å². The first-order chi connectivity index (χ1) is 11.2. The van der Waals surface area contributed by atoms with Crippen LogP contribution >= 0.6 is 0 Å². The second kappa shape index (κ2) is 8.80. The molecule has 0 unspecified atom stereocenters. The molecule has 0 radical (unpaired) electrons. The van der Waals surface area contributed by atoms with Gasteiger partial charge in [-0.2, -0.15) is 0 Å². The lowest BCUT2D eigenvalue weighted by atomic mass is 10.1. The van der Waals surface area contributed by atoms with Crippen molar-refractivity contribution in [3.8, 4) is 11.5 Å². The summed E-state index contributed by atoms with van der Waals surface area (Å²) in [6.45, 7) is 2.99. The predicted octanol–water partition coefficient (Wildman–Crippen LogP) is 2.46. The summed E-state index contributed by atoms with van der Waals surface area (Å²) in [4.78, 5) is 12.1. The van der Waals surface area contributed by atoms with Crippen LogP contribution in [0.2, 0.25) is 0 Å². The van der Waals surface area contributed by atoms with Gasteiger partial charge < -0.3 is 9.47 Å². The van der Waals surface area contributed by atoms with Gasteiger partial charge in [0.05, 0.1) is 20.1 Å². The number of methoxy groups -OCH3 is 1. The lowest BCUT2D eigenvalue weighted by Crippen LogP contribution is -2.37. The molecular weight excluding hydrogens is 292 g/mol. The standard InChI is InChI=1S/C18H22N2O3/c1-3-23-18-15(10-7-11-16(18)22-2)12-17(21)20-19-13-14-8-5-4-6-9-14/h4-11,19H,3,12-13H2,1-2H3,(H,20,21). The van der Waals surface area contributed by atoms with E-state index in [9.17, 15) is 4.79 Å². The lowest BCUT2D eigenvalue weighted by molar-refractivity contribution is -0.121. The van der Waals surface area contributed by atoms with Gasteiger partial charge in [0, 0.05) is 12.1 Å². The molecule has 0 atom stereocenters. The van der Waals surface area contributed by atoms with E-state index in [1.54, 1.807) is 7.11 Å². The SMILES string of the molecule is CCOc1c(CC(=O)NNCc2ccccc2)cccc1OC. The molecule has 2 aromatic carbocycles. The Balaban J connectivity index is 1.92. The minimum Gasteiger partial charge on any atom is -0.493 e. The second-order valence-electron chi connectivity index (χ2n) is 4.95. The molecule has 0 fully saturated rings. The van der Waals surface area contributed by atoms with Gasteiger partial charge in [-0.05, 0) is 18.6 Å². The van der Waals surface area contributed by atoms with Gasteiger partial charge in [-0.15, -0.1) is 0 Å². The van der Waals surface area contributed by atoms with E-state index in [1.165, 1.54) is 0 Å². The van der Waals surface area contributed by atoms with Crippen molar-refractivity contribution in [2.24, 2.45) is 0 Å². The van der Waals surface area contributed by atoms with Gasteiger partial charge in [-0.1, -0.05) is 42.5 Å². The Labute approximate surface area is 136 Å². The first kappa shape index (κ1) is 16.8. The largest absolute Gasteiger partial charge is 0.493 e. The number of para-hydroxylation sites is 1. The number of carbonyl (C=O) groups excluding carboxylic acids is 1. The van der Waals surface area contributed by atoms with E-state index in [0.717, 1.165) is 11.1 Å². The maximum atomic E-state index is 12.1. The van der Waals surface area contributed by atoms with E-state index in [4.69, 9.17) is 9.47 Å². The first-order valence-corrected chi connectivity index (χ1v) is 7.59. The number of hydrogen-bond acceptors (Lipinski definition) is 4. The number of ether oxygens (including phenoxy) is 2. The Bertz CT molecular complexity index is 629. The van der Waals surface area contributed by atoms with E-state index in [0.29, 0.717) is 24.7 Å². The van der Waals surface area contributed by atoms with Crippen LogP contribution in [0.4, 0.5) is 0 Å². The van der Waals surface area contributed by atoms with Crippen LogP contribution in [0.5, 0.6) is 11.5 Å². The Kier molecular flexibility index (Phi) is 6.44. The fraction of sp³-hybridized carbons (Fsp3) is 0.278. The van der Waals surface area contributed by atoms with E-state index >= 15 is 0 Å². The van der Waals surface area contributed by atoms with E-state index in [1.807, 2.05) is 55.5 Å².